The van der Waals surface area contributed by atoms with E-state index in [1.807, 2.05) is 6.92 Å². The van der Waals surface area contributed by atoms with E-state index in [0.29, 0.717) is 12.0 Å². The molecule has 0 N–H and O–H groups in total. The molecule has 0 spiro atoms. The van der Waals surface area contributed by atoms with Gasteiger partial charge < -0.3 is 4.52 Å². The fourth-order valence-corrected chi connectivity index (χ4v) is 5.64. The van der Waals surface area contributed by atoms with Crippen LogP contribution in [0.3, 0.4) is 0 Å². The minimum atomic E-state index is 0.573. The second-order valence-electron chi connectivity index (χ2n) is 8.28. The first kappa shape index (κ1) is 14.7. The summed E-state index contributed by atoms with van der Waals surface area (Å²) in [5.74, 6) is 4.39. The number of nitrogens with zero attached hydrogens (tertiary/aromatic N) is 2. The van der Waals surface area contributed by atoms with Crippen LogP contribution in [0.15, 0.2) is 10.6 Å². The highest BCUT2D eigenvalue weighted by Gasteiger charge is 2.49. The lowest BCUT2D eigenvalue weighted by molar-refractivity contribution is 0.0470. The van der Waals surface area contributed by atoms with Crippen molar-refractivity contribution in [2.45, 2.75) is 76.8 Å². The molecule has 3 unspecified atom stereocenters. The van der Waals surface area contributed by atoms with Gasteiger partial charge in [0.05, 0.1) is 5.69 Å². The Morgan fingerprint density at radius 1 is 1.14 bits per heavy atom. The number of fused-ring (bicyclic) bond motifs is 2. The summed E-state index contributed by atoms with van der Waals surface area (Å²) in [6, 6.07) is 3.69. The average Bonchev–Trinajstić information content (AvgIpc) is 3.02. The molecule has 3 heteroatoms. The highest BCUT2D eigenvalue weighted by atomic mass is 16.5. The molecule has 0 amide bonds. The number of piperidine rings is 1. The largest absolute Gasteiger partial charge is 0.361 e. The van der Waals surface area contributed by atoms with Gasteiger partial charge in [0.25, 0.3) is 0 Å². The maximum absolute atomic E-state index is 5.77. The summed E-state index contributed by atoms with van der Waals surface area (Å²) >= 11 is 0. The van der Waals surface area contributed by atoms with Gasteiger partial charge in [-0.15, -0.1) is 0 Å². The zero-order chi connectivity index (χ0) is 15.3. The monoisotopic (exact) mass is 302 g/mol. The van der Waals surface area contributed by atoms with Crippen molar-refractivity contribution in [2.75, 3.05) is 7.05 Å². The van der Waals surface area contributed by atoms with E-state index in [-0.39, 0.29) is 0 Å². The minimum Gasteiger partial charge on any atom is -0.361 e. The molecule has 0 aromatic carbocycles. The molecule has 2 bridgehead atoms. The third-order valence-corrected chi connectivity index (χ3v) is 6.96. The van der Waals surface area contributed by atoms with Gasteiger partial charge in [-0.3, -0.25) is 4.90 Å². The Bertz CT molecular complexity index is 517. The Morgan fingerprint density at radius 2 is 1.91 bits per heavy atom. The Morgan fingerprint density at radius 3 is 2.59 bits per heavy atom. The topological polar surface area (TPSA) is 29.3 Å². The van der Waals surface area contributed by atoms with Crippen molar-refractivity contribution >= 4 is 0 Å². The van der Waals surface area contributed by atoms with Crippen molar-refractivity contribution < 1.29 is 4.52 Å². The van der Waals surface area contributed by atoms with Crippen LogP contribution in [0.1, 0.15) is 69.2 Å². The predicted octanol–water partition coefficient (Wildman–Crippen LogP) is 4.38. The SMILES string of the molecule is Cc1cc(C2C3CCC(C[C@@H]2C2CCC(C)CC2)N3C)on1. The van der Waals surface area contributed by atoms with Gasteiger partial charge in [0.2, 0.25) is 0 Å². The van der Waals surface area contributed by atoms with Crippen molar-refractivity contribution in [3.63, 3.8) is 0 Å². The Kier molecular flexibility index (Phi) is 3.80. The molecule has 1 saturated carbocycles. The van der Waals surface area contributed by atoms with Crippen molar-refractivity contribution in [1.82, 2.24) is 10.1 Å². The number of hydrogen-bond donors (Lipinski definition) is 0. The lowest BCUT2D eigenvalue weighted by Crippen LogP contribution is -2.47. The van der Waals surface area contributed by atoms with Crippen LogP contribution in [0.2, 0.25) is 0 Å². The summed E-state index contributed by atoms with van der Waals surface area (Å²) in [5, 5.41) is 4.20. The minimum absolute atomic E-state index is 0.573. The van der Waals surface area contributed by atoms with E-state index in [0.717, 1.165) is 29.5 Å². The summed E-state index contributed by atoms with van der Waals surface area (Å²) < 4.78 is 5.77. The Balaban J connectivity index is 1.63. The molecule has 2 aliphatic heterocycles. The lowest BCUT2D eigenvalue weighted by Gasteiger charge is -2.46. The molecule has 3 nitrogen and oxygen atoms in total. The Hall–Kier alpha value is -0.830. The highest BCUT2D eigenvalue weighted by Crippen LogP contribution is 2.52. The highest BCUT2D eigenvalue weighted by molar-refractivity contribution is 5.18. The fourth-order valence-electron chi connectivity index (χ4n) is 5.64. The summed E-state index contributed by atoms with van der Waals surface area (Å²) in [6.45, 7) is 4.47. The number of aryl methyl sites for hydroxylation is 1. The Labute approximate surface area is 134 Å². The summed E-state index contributed by atoms with van der Waals surface area (Å²) in [4.78, 5) is 2.64. The molecule has 1 aromatic heterocycles. The molecule has 1 aliphatic carbocycles. The standard InChI is InChI=1S/C19H30N2O/c1-12-4-6-14(7-5-12)16-11-15-8-9-17(21(15)3)19(16)18-10-13(2)20-22-18/h10,12,14-17,19H,4-9,11H2,1-3H3/t12?,14?,15?,16-,17?,19?/m1/s1. The maximum atomic E-state index is 5.77. The fraction of sp³-hybridized carbons (Fsp3) is 0.842. The first-order valence-corrected chi connectivity index (χ1v) is 9.28. The van der Waals surface area contributed by atoms with E-state index in [2.05, 4.69) is 30.1 Å². The quantitative estimate of drug-likeness (QED) is 0.812. The third-order valence-electron chi connectivity index (χ3n) is 6.96. The number of hydrogen-bond acceptors (Lipinski definition) is 3. The van der Waals surface area contributed by atoms with E-state index in [1.165, 1.54) is 50.7 Å². The average molecular weight is 302 g/mol. The van der Waals surface area contributed by atoms with Crippen molar-refractivity contribution in [3.05, 3.63) is 17.5 Å². The smallest absolute Gasteiger partial charge is 0.141 e. The van der Waals surface area contributed by atoms with Gasteiger partial charge in [-0.1, -0.05) is 24.9 Å². The van der Waals surface area contributed by atoms with Crippen LogP contribution in [0, 0.1) is 24.7 Å². The third kappa shape index (κ3) is 2.42. The molecule has 3 fully saturated rings. The molecule has 3 heterocycles. The van der Waals surface area contributed by atoms with Gasteiger partial charge in [-0.2, -0.15) is 0 Å². The van der Waals surface area contributed by atoms with Gasteiger partial charge in [0.1, 0.15) is 5.76 Å². The summed E-state index contributed by atoms with van der Waals surface area (Å²) in [5.41, 5.74) is 1.04. The van der Waals surface area contributed by atoms with Crippen LogP contribution < -0.4 is 0 Å². The zero-order valence-corrected chi connectivity index (χ0v) is 14.3. The molecule has 2 saturated heterocycles. The summed E-state index contributed by atoms with van der Waals surface area (Å²) in [7, 11) is 2.33. The molecule has 1 aromatic rings. The van der Waals surface area contributed by atoms with E-state index < -0.39 is 0 Å². The molecule has 0 radical (unpaired) electrons. The van der Waals surface area contributed by atoms with E-state index >= 15 is 0 Å². The zero-order valence-electron chi connectivity index (χ0n) is 14.3. The second kappa shape index (κ2) is 5.67. The predicted molar refractivity (Wildman–Crippen MR) is 87.8 cm³/mol. The normalized spacial score (nSPS) is 42.7. The number of likely N-dealkylation sites (N-methyl/N-ethyl adjacent to an activating group) is 1. The molecule has 122 valence electrons. The van der Waals surface area contributed by atoms with Crippen LogP contribution in [0.25, 0.3) is 0 Å². The molecule has 3 aliphatic rings. The molecule has 22 heavy (non-hydrogen) atoms. The van der Waals surface area contributed by atoms with Crippen molar-refractivity contribution in [1.29, 1.82) is 0 Å². The van der Waals surface area contributed by atoms with Gasteiger partial charge in [0, 0.05) is 24.1 Å². The maximum Gasteiger partial charge on any atom is 0.141 e. The number of rotatable bonds is 2. The molecular weight excluding hydrogens is 272 g/mol. The first-order chi connectivity index (χ1) is 10.6. The van der Waals surface area contributed by atoms with E-state index in [1.54, 1.807) is 0 Å². The van der Waals surface area contributed by atoms with Gasteiger partial charge in [0.15, 0.2) is 0 Å². The van der Waals surface area contributed by atoms with Crippen LogP contribution in [0.4, 0.5) is 0 Å². The summed E-state index contributed by atoms with van der Waals surface area (Å²) in [6.07, 6.45) is 9.80. The van der Waals surface area contributed by atoms with Crippen LogP contribution in [0.5, 0.6) is 0 Å². The molecular formula is C19H30N2O. The lowest BCUT2D eigenvalue weighted by atomic mass is 9.66. The van der Waals surface area contributed by atoms with Crippen LogP contribution in [-0.4, -0.2) is 29.2 Å². The van der Waals surface area contributed by atoms with Gasteiger partial charge in [-0.25, -0.2) is 0 Å². The van der Waals surface area contributed by atoms with Gasteiger partial charge >= 0.3 is 0 Å². The molecule has 4 atom stereocenters. The van der Waals surface area contributed by atoms with Crippen LogP contribution >= 0.6 is 0 Å². The van der Waals surface area contributed by atoms with Crippen molar-refractivity contribution in [3.8, 4) is 0 Å². The first-order valence-electron chi connectivity index (χ1n) is 9.28. The van der Waals surface area contributed by atoms with Gasteiger partial charge in [-0.05, 0) is 63.8 Å². The number of aromatic nitrogens is 1. The van der Waals surface area contributed by atoms with E-state index in [9.17, 15) is 0 Å². The van der Waals surface area contributed by atoms with Crippen molar-refractivity contribution in [2.24, 2.45) is 17.8 Å². The van der Waals surface area contributed by atoms with E-state index in [4.69, 9.17) is 4.52 Å². The molecule has 4 rings (SSSR count). The van der Waals surface area contributed by atoms with Crippen LogP contribution in [-0.2, 0) is 0 Å². The second-order valence-corrected chi connectivity index (χ2v) is 8.28.